The van der Waals surface area contributed by atoms with Gasteiger partial charge in [0.2, 0.25) is 11.8 Å². The SMILES string of the molecule is Cc1nc(Nc2cccc([C@@H]3CCCN3C(=O)CCN3C(=O)CCNC3=O)n2)sc1C. The van der Waals surface area contributed by atoms with Crippen LogP contribution in [0.1, 0.15) is 48.0 Å². The second kappa shape index (κ2) is 9.01. The summed E-state index contributed by atoms with van der Waals surface area (Å²) in [5.41, 5.74) is 1.82. The molecular formula is C21H26N6O3S. The second-order valence-corrected chi connectivity index (χ2v) is 8.96. The van der Waals surface area contributed by atoms with E-state index in [1.807, 2.05) is 36.9 Å². The highest BCUT2D eigenvalue weighted by atomic mass is 32.1. The molecule has 0 spiro atoms. The number of aromatic nitrogens is 2. The normalized spacial score (nSPS) is 19.0. The molecule has 0 radical (unpaired) electrons. The number of thiazole rings is 1. The summed E-state index contributed by atoms with van der Waals surface area (Å²) in [7, 11) is 0. The van der Waals surface area contributed by atoms with Gasteiger partial charge in [0, 0.05) is 37.4 Å². The van der Waals surface area contributed by atoms with E-state index in [4.69, 9.17) is 4.98 Å². The minimum atomic E-state index is -0.421. The predicted molar refractivity (Wildman–Crippen MR) is 117 cm³/mol. The first-order valence-corrected chi connectivity index (χ1v) is 11.3. The standard InChI is InChI=1S/C21H26N6O3S/c1-13-14(2)31-20(23-13)25-17-7-3-5-15(24-17)16-6-4-11-26(16)19(29)9-12-27-18(28)8-10-22-21(27)30/h3,5,7,16H,4,6,8-12H2,1-2H3,(H,22,30)(H,23,24,25)/t16-/m0/s1. The molecule has 0 saturated carbocycles. The molecule has 4 amide bonds. The highest BCUT2D eigenvalue weighted by Crippen LogP contribution is 2.32. The molecule has 31 heavy (non-hydrogen) atoms. The van der Waals surface area contributed by atoms with E-state index in [1.165, 1.54) is 0 Å². The van der Waals surface area contributed by atoms with Crippen molar-refractivity contribution in [2.45, 2.75) is 45.6 Å². The van der Waals surface area contributed by atoms with Crippen LogP contribution in [0, 0.1) is 13.8 Å². The van der Waals surface area contributed by atoms with Gasteiger partial charge in [-0.15, -0.1) is 11.3 Å². The Balaban J connectivity index is 1.42. The molecule has 2 fully saturated rings. The Labute approximate surface area is 184 Å². The summed E-state index contributed by atoms with van der Waals surface area (Å²) in [5, 5.41) is 6.69. The van der Waals surface area contributed by atoms with Crippen LogP contribution >= 0.6 is 11.3 Å². The van der Waals surface area contributed by atoms with Gasteiger partial charge < -0.3 is 15.5 Å². The second-order valence-electron chi connectivity index (χ2n) is 7.76. The van der Waals surface area contributed by atoms with Crippen LogP contribution in [0.4, 0.5) is 15.7 Å². The van der Waals surface area contributed by atoms with Crippen LogP contribution in [0.5, 0.6) is 0 Å². The Morgan fingerprint density at radius 3 is 2.87 bits per heavy atom. The van der Waals surface area contributed by atoms with Crippen LogP contribution in [0.3, 0.4) is 0 Å². The first-order chi connectivity index (χ1) is 14.9. The molecule has 1 atom stereocenters. The number of carbonyl (C=O) groups is 3. The van der Waals surface area contributed by atoms with Gasteiger partial charge in [0.15, 0.2) is 5.13 Å². The number of nitrogens with one attached hydrogen (secondary N) is 2. The summed E-state index contributed by atoms with van der Waals surface area (Å²) in [6.07, 6.45) is 2.12. The lowest BCUT2D eigenvalue weighted by Crippen LogP contribution is -2.50. The molecule has 0 aromatic carbocycles. The van der Waals surface area contributed by atoms with Crippen LogP contribution in [0.25, 0.3) is 0 Å². The Morgan fingerprint density at radius 2 is 2.13 bits per heavy atom. The molecule has 0 bridgehead atoms. The molecular weight excluding hydrogens is 416 g/mol. The number of hydrogen-bond donors (Lipinski definition) is 2. The van der Waals surface area contributed by atoms with Crippen LogP contribution in [-0.4, -0.2) is 57.2 Å². The number of nitrogens with zero attached hydrogens (tertiary/aromatic N) is 4. The molecule has 0 unspecified atom stereocenters. The van der Waals surface area contributed by atoms with Crippen molar-refractivity contribution in [2.24, 2.45) is 0 Å². The minimum Gasteiger partial charge on any atom is -0.337 e. The van der Waals surface area contributed by atoms with Gasteiger partial charge in [-0.05, 0) is 38.8 Å². The van der Waals surface area contributed by atoms with E-state index >= 15 is 0 Å². The maximum absolute atomic E-state index is 12.9. The molecule has 2 aromatic rings. The Kier molecular flexibility index (Phi) is 6.17. The van der Waals surface area contributed by atoms with Crippen LogP contribution in [-0.2, 0) is 9.59 Å². The van der Waals surface area contributed by atoms with Crippen molar-refractivity contribution in [3.8, 4) is 0 Å². The molecule has 9 nitrogen and oxygen atoms in total. The van der Waals surface area contributed by atoms with Gasteiger partial charge in [-0.2, -0.15) is 0 Å². The summed E-state index contributed by atoms with van der Waals surface area (Å²) in [4.78, 5) is 50.1. The van der Waals surface area contributed by atoms with Crippen molar-refractivity contribution in [2.75, 3.05) is 25.0 Å². The molecule has 4 rings (SSSR count). The topological polar surface area (TPSA) is 108 Å². The smallest absolute Gasteiger partial charge is 0.324 e. The molecule has 2 saturated heterocycles. The van der Waals surface area contributed by atoms with E-state index < -0.39 is 6.03 Å². The fourth-order valence-electron chi connectivity index (χ4n) is 3.91. The fraction of sp³-hybridized carbons (Fsp3) is 0.476. The Morgan fingerprint density at radius 1 is 1.29 bits per heavy atom. The van der Waals surface area contributed by atoms with Crippen molar-refractivity contribution in [1.82, 2.24) is 25.1 Å². The number of amides is 4. The summed E-state index contributed by atoms with van der Waals surface area (Å²) < 4.78 is 0. The Hall–Kier alpha value is -3.01. The minimum absolute atomic E-state index is 0.0694. The maximum Gasteiger partial charge on any atom is 0.324 e. The zero-order valence-electron chi connectivity index (χ0n) is 17.7. The number of imide groups is 1. The van der Waals surface area contributed by atoms with E-state index in [0.717, 1.165) is 39.1 Å². The highest BCUT2D eigenvalue weighted by Gasteiger charge is 2.32. The summed E-state index contributed by atoms with van der Waals surface area (Å²) in [5.74, 6) is 0.392. The van der Waals surface area contributed by atoms with Gasteiger partial charge in [0.05, 0.1) is 17.4 Å². The largest absolute Gasteiger partial charge is 0.337 e. The quantitative estimate of drug-likeness (QED) is 0.712. The number of carbonyl (C=O) groups excluding carboxylic acids is 3. The molecule has 10 heteroatoms. The Bertz CT molecular complexity index is 971. The summed E-state index contributed by atoms with van der Waals surface area (Å²) in [6.45, 7) is 5.11. The van der Waals surface area contributed by atoms with Crippen molar-refractivity contribution >= 4 is 40.1 Å². The number of pyridine rings is 1. The van der Waals surface area contributed by atoms with Gasteiger partial charge in [0.25, 0.3) is 0 Å². The summed E-state index contributed by atoms with van der Waals surface area (Å²) in [6, 6.07) is 5.21. The molecule has 2 aliphatic heterocycles. The number of hydrogen-bond acceptors (Lipinski definition) is 7. The van der Waals surface area contributed by atoms with E-state index in [1.54, 1.807) is 11.3 Å². The first-order valence-electron chi connectivity index (χ1n) is 10.5. The lowest BCUT2D eigenvalue weighted by atomic mass is 10.1. The summed E-state index contributed by atoms with van der Waals surface area (Å²) >= 11 is 1.58. The van der Waals surface area contributed by atoms with Crippen LogP contribution in [0.15, 0.2) is 18.2 Å². The molecule has 4 heterocycles. The van der Waals surface area contributed by atoms with Crippen molar-refractivity contribution < 1.29 is 14.4 Å². The van der Waals surface area contributed by atoms with Gasteiger partial charge in [0.1, 0.15) is 5.82 Å². The van der Waals surface area contributed by atoms with E-state index in [2.05, 4.69) is 15.6 Å². The lowest BCUT2D eigenvalue weighted by molar-refractivity contribution is -0.133. The van der Waals surface area contributed by atoms with Gasteiger partial charge >= 0.3 is 6.03 Å². The molecule has 2 aromatic heterocycles. The number of urea groups is 1. The molecule has 0 aliphatic carbocycles. The van der Waals surface area contributed by atoms with E-state index in [-0.39, 0.29) is 37.2 Å². The van der Waals surface area contributed by atoms with Crippen LogP contribution in [0.2, 0.25) is 0 Å². The third kappa shape index (κ3) is 4.68. The van der Waals surface area contributed by atoms with Gasteiger partial charge in [-0.25, -0.2) is 14.8 Å². The molecule has 2 aliphatic rings. The monoisotopic (exact) mass is 442 g/mol. The van der Waals surface area contributed by atoms with Crippen molar-refractivity contribution in [1.29, 1.82) is 0 Å². The third-order valence-corrected chi connectivity index (χ3v) is 6.65. The van der Waals surface area contributed by atoms with Gasteiger partial charge in [-0.3, -0.25) is 14.5 Å². The highest BCUT2D eigenvalue weighted by molar-refractivity contribution is 7.15. The fourth-order valence-corrected chi connectivity index (χ4v) is 4.73. The molecule has 164 valence electrons. The van der Waals surface area contributed by atoms with E-state index in [9.17, 15) is 14.4 Å². The zero-order chi connectivity index (χ0) is 22.0. The first kappa shape index (κ1) is 21.2. The number of aryl methyl sites for hydroxylation is 2. The zero-order valence-corrected chi connectivity index (χ0v) is 18.5. The van der Waals surface area contributed by atoms with Crippen LogP contribution < -0.4 is 10.6 Å². The number of likely N-dealkylation sites (tertiary alicyclic amines) is 1. The van der Waals surface area contributed by atoms with Crippen molar-refractivity contribution in [3.63, 3.8) is 0 Å². The maximum atomic E-state index is 12.9. The van der Waals surface area contributed by atoms with E-state index in [0.29, 0.717) is 18.9 Å². The number of anilines is 2. The number of rotatable bonds is 6. The van der Waals surface area contributed by atoms with Gasteiger partial charge in [-0.1, -0.05) is 6.07 Å². The predicted octanol–water partition coefficient (Wildman–Crippen LogP) is 2.89. The molecule has 2 N–H and O–H groups in total. The van der Waals surface area contributed by atoms with Crippen molar-refractivity contribution in [3.05, 3.63) is 34.5 Å². The third-order valence-electron chi connectivity index (χ3n) is 5.66. The average molecular weight is 443 g/mol. The lowest BCUT2D eigenvalue weighted by Gasteiger charge is -2.28. The average Bonchev–Trinajstić information content (AvgIpc) is 3.34.